The molecule has 0 atom stereocenters. The van der Waals surface area contributed by atoms with Crippen molar-refractivity contribution in [2.24, 2.45) is 5.73 Å². The van der Waals surface area contributed by atoms with Crippen LogP contribution < -0.4 is 10.5 Å². The number of rotatable bonds is 7. The molecule has 20 heavy (non-hydrogen) atoms. The second-order valence-corrected chi connectivity index (χ2v) is 5.21. The van der Waals surface area contributed by atoms with E-state index >= 15 is 0 Å². The molecule has 0 amide bonds. The molecule has 6 heteroatoms. The predicted octanol–water partition coefficient (Wildman–Crippen LogP) is 2.66. The summed E-state index contributed by atoms with van der Waals surface area (Å²) in [4.78, 5) is 0. The number of halogens is 1. The quantitative estimate of drug-likeness (QED) is 0.838. The molecular weight excluding hydrogens is 324 g/mol. The fraction of sp³-hybridized carbons (Fsp3) is 0.357. The van der Waals surface area contributed by atoms with Crippen molar-refractivity contribution < 1.29 is 14.0 Å². The van der Waals surface area contributed by atoms with Gasteiger partial charge in [0.15, 0.2) is 5.76 Å². The minimum absolute atomic E-state index is 0.354. The molecule has 0 saturated heterocycles. The van der Waals surface area contributed by atoms with Crippen LogP contribution in [0, 0.1) is 0 Å². The Morgan fingerprint density at radius 2 is 2.15 bits per heavy atom. The Morgan fingerprint density at radius 1 is 1.30 bits per heavy atom. The van der Waals surface area contributed by atoms with Crippen molar-refractivity contribution in [1.29, 1.82) is 0 Å². The highest BCUT2D eigenvalue weighted by atomic mass is 79.9. The lowest BCUT2D eigenvalue weighted by Gasteiger charge is -2.10. The maximum atomic E-state index is 5.78. The number of benzene rings is 1. The van der Waals surface area contributed by atoms with E-state index in [-0.39, 0.29) is 0 Å². The number of aromatic nitrogens is 1. The Hall–Kier alpha value is -1.37. The van der Waals surface area contributed by atoms with E-state index in [1.165, 1.54) is 0 Å². The molecule has 0 saturated carbocycles. The van der Waals surface area contributed by atoms with Gasteiger partial charge < -0.3 is 19.7 Å². The standard InChI is InChI=1S/C14H17BrN2O3/c1-18-9-13-7-12(17-20-13)8-19-14-3-2-11(15)6-10(14)4-5-16/h2-3,6-7H,4-5,8-9,16H2,1H3. The third-order valence-electron chi connectivity index (χ3n) is 2.71. The van der Waals surface area contributed by atoms with Gasteiger partial charge in [-0.1, -0.05) is 21.1 Å². The van der Waals surface area contributed by atoms with Crippen LogP contribution in [0.3, 0.4) is 0 Å². The van der Waals surface area contributed by atoms with Gasteiger partial charge in [0.1, 0.15) is 24.7 Å². The number of hydrogen-bond acceptors (Lipinski definition) is 5. The Bertz CT molecular complexity index is 557. The smallest absolute Gasteiger partial charge is 0.162 e. The van der Waals surface area contributed by atoms with Gasteiger partial charge in [-0.05, 0) is 36.7 Å². The number of methoxy groups -OCH3 is 1. The van der Waals surface area contributed by atoms with Crippen molar-refractivity contribution in [1.82, 2.24) is 5.16 Å². The normalized spacial score (nSPS) is 10.8. The Morgan fingerprint density at radius 3 is 2.90 bits per heavy atom. The zero-order chi connectivity index (χ0) is 14.4. The molecular formula is C14H17BrN2O3. The third kappa shape index (κ3) is 4.06. The predicted molar refractivity (Wildman–Crippen MR) is 78.4 cm³/mol. The summed E-state index contributed by atoms with van der Waals surface area (Å²) in [6, 6.07) is 7.70. The van der Waals surface area contributed by atoms with Gasteiger partial charge in [0.25, 0.3) is 0 Å². The lowest BCUT2D eigenvalue weighted by molar-refractivity contribution is 0.155. The van der Waals surface area contributed by atoms with Gasteiger partial charge in [0, 0.05) is 17.6 Å². The number of hydrogen-bond donors (Lipinski definition) is 1. The van der Waals surface area contributed by atoms with E-state index in [9.17, 15) is 0 Å². The molecule has 0 spiro atoms. The average Bonchev–Trinajstić information content (AvgIpc) is 2.86. The van der Waals surface area contributed by atoms with Gasteiger partial charge in [-0.15, -0.1) is 0 Å². The molecule has 0 fully saturated rings. The monoisotopic (exact) mass is 340 g/mol. The highest BCUT2D eigenvalue weighted by Gasteiger charge is 2.08. The largest absolute Gasteiger partial charge is 0.487 e. The molecule has 5 nitrogen and oxygen atoms in total. The summed E-state index contributed by atoms with van der Waals surface area (Å²) in [6.07, 6.45) is 0.766. The molecule has 2 rings (SSSR count). The fourth-order valence-electron chi connectivity index (χ4n) is 1.83. The fourth-order valence-corrected chi connectivity index (χ4v) is 2.23. The van der Waals surface area contributed by atoms with Crippen LogP contribution in [0.25, 0.3) is 0 Å². The summed E-state index contributed by atoms with van der Waals surface area (Å²) in [5.41, 5.74) is 7.42. The average molecular weight is 341 g/mol. The number of nitrogens with two attached hydrogens (primary N) is 1. The molecule has 0 unspecified atom stereocenters. The van der Waals surface area contributed by atoms with Crippen molar-refractivity contribution in [2.45, 2.75) is 19.6 Å². The summed E-state index contributed by atoms with van der Waals surface area (Å²) in [5, 5.41) is 3.93. The van der Waals surface area contributed by atoms with Gasteiger partial charge in [-0.2, -0.15) is 0 Å². The Labute approximate surface area is 126 Å². The van der Waals surface area contributed by atoms with E-state index in [1.54, 1.807) is 7.11 Å². The van der Waals surface area contributed by atoms with Crippen LogP contribution >= 0.6 is 15.9 Å². The van der Waals surface area contributed by atoms with Crippen LogP contribution in [0.5, 0.6) is 5.75 Å². The Balaban J connectivity index is 2.02. The molecule has 0 bridgehead atoms. The topological polar surface area (TPSA) is 70.5 Å². The van der Waals surface area contributed by atoms with Crippen molar-refractivity contribution in [3.63, 3.8) is 0 Å². The first-order valence-electron chi connectivity index (χ1n) is 6.27. The van der Waals surface area contributed by atoms with Crippen LogP contribution in [-0.2, 0) is 24.4 Å². The molecule has 2 N–H and O–H groups in total. The maximum Gasteiger partial charge on any atom is 0.162 e. The highest BCUT2D eigenvalue weighted by molar-refractivity contribution is 9.10. The minimum atomic E-state index is 0.354. The van der Waals surface area contributed by atoms with E-state index in [1.807, 2.05) is 24.3 Å². The van der Waals surface area contributed by atoms with Gasteiger partial charge in [0.2, 0.25) is 0 Å². The SMILES string of the molecule is COCc1cc(COc2ccc(Br)cc2CCN)no1. The van der Waals surface area contributed by atoms with E-state index in [0.717, 1.165) is 27.9 Å². The number of nitrogens with zero attached hydrogens (tertiary/aromatic N) is 1. The first-order valence-corrected chi connectivity index (χ1v) is 7.07. The van der Waals surface area contributed by atoms with Gasteiger partial charge in [-0.25, -0.2) is 0 Å². The van der Waals surface area contributed by atoms with Gasteiger partial charge >= 0.3 is 0 Å². The van der Waals surface area contributed by atoms with Crippen LogP contribution in [-0.4, -0.2) is 18.8 Å². The van der Waals surface area contributed by atoms with Crippen molar-refractivity contribution in [3.8, 4) is 5.75 Å². The summed E-state index contributed by atoms with van der Waals surface area (Å²) >= 11 is 3.45. The molecule has 1 heterocycles. The molecule has 1 aromatic heterocycles. The zero-order valence-corrected chi connectivity index (χ0v) is 12.9. The van der Waals surface area contributed by atoms with E-state index in [4.69, 9.17) is 19.7 Å². The van der Waals surface area contributed by atoms with Crippen LogP contribution in [0.4, 0.5) is 0 Å². The Kier molecular flexibility index (Phi) is 5.58. The molecule has 108 valence electrons. The molecule has 0 aliphatic rings. The zero-order valence-electron chi connectivity index (χ0n) is 11.3. The summed E-state index contributed by atoms with van der Waals surface area (Å²) in [7, 11) is 1.61. The third-order valence-corrected chi connectivity index (χ3v) is 3.20. The van der Waals surface area contributed by atoms with Gasteiger partial charge in [0.05, 0.1) is 0 Å². The van der Waals surface area contributed by atoms with Crippen molar-refractivity contribution in [3.05, 3.63) is 45.8 Å². The van der Waals surface area contributed by atoms with E-state index in [2.05, 4.69) is 21.1 Å². The van der Waals surface area contributed by atoms with E-state index in [0.29, 0.717) is 25.5 Å². The molecule has 2 aromatic rings. The molecule has 0 aliphatic carbocycles. The second-order valence-electron chi connectivity index (χ2n) is 4.30. The van der Waals surface area contributed by atoms with Crippen molar-refractivity contribution >= 4 is 15.9 Å². The molecule has 0 aliphatic heterocycles. The molecule has 1 aromatic carbocycles. The second kappa shape index (κ2) is 7.42. The summed E-state index contributed by atoms with van der Waals surface area (Å²) < 4.78 is 16.9. The maximum absolute atomic E-state index is 5.78. The lowest BCUT2D eigenvalue weighted by Crippen LogP contribution is -2.05. The van der Waals surface area contributed by atoms with E-state index < -0.39 is 0 Å². The van der Waals surface area contributed by atoms with Gasteiger partial charge in [-0.3, -0.25) is 0 Å². The van der Waals surface area contributed by atoms with Crippen LogP contribution in [0.2, 0.25) is 0 Å². The van der Waals surface area contributed by atoms with Crippen molar-refractivity contribution in [2.75, 3.05) is 13.7 Å². The summed E-state index contributed by atoms with van der Waals surface area (Å²) in [6.45, 7) is 1.34. The van der Waals surface area contributed by atoms with Crippen LogP contribution in [0.1, 0.15) is 17.0 Å². The van der Waals surface area contributed by atoms with Crippen LogP contribution in [0.15, 0.2) is 33.3 Å². The minimum Gasteiger partial charge on any atom is -0.487 e. The first kappa shape index (κ1) is 15.0. The molecule has 0 radical (unpaired) electrons. The first-order chi connectivity index (χ1) is 9.72. The number of ether oxygens (including phenoxy) is 2. The summed E-state index contributed by atoms with van der Waals surface area (Å²) in [5.74, 6) is 1.50. The highest BCUT2D eigenvalue weighted by Crippen LogP contribution is 2.24. The lowest BCUT2D eigenvalue weighted by atomic mass is 10.1.